The Balaban J connectivity index is 1.80. The van der Waals surface area contributed by atoms with E-state index < -0.39 is 0 Å². The number of hydrogen-bond acceptors (Lipinski definition) is 0. The summed E-state index contributed by atoms with van der Waals surface area (Å²) in [6.07, 6.45) is 9.53. The first-order chi connectivity index (χ1) is 6.79. The van der Waals surface area contributed by atoms with Gasteiger partial charge in [-0.1, -0.05) is 24.3 Å². The van der Waals surface area contributed by atoms with Crippen LogP contribution >= 0.6 is 23.2 Å². The fourth-order valence-corrected chi connectivity index (χ4v) is 5.07. The van der Waals surface area contributed by atoms with E-state index in [1.165, 1.54) is 0 Å². The highest BCUT2D eigenvalue weighted by molar-refractivity contribution is 6.31. The van der Waals surface area contributed by atoms with Gasteiger partial charge in [-0.25, -0.2) is 0 Å². The van der Waals surface area contributed by atoms with Crippen LogP contribution < -0.4 is 0 Å². The van der Waals surface area contributed by atoms with Gasteiger partial charge in [0.2, 0.25) is 0 Å². The van der Waals surface area contributed by atoms with Crippen LogP contribution in [0.4, 0.5) is 0 Å². The van der Waals surface area contributed by atoms with Gasteiger partial charge in [0.25, 0.3) is 0 Å². The van der Waals surface area contributed by atoms with Crippen LogP contribution in [0.15, 0.2) is 24.3 Å². The Kier molecular flexibility index (Phi) is 1.42. The van der Waals surface area contributed by atoms with E-state index in [1.54, 1.807) is 0 Å². The van der Waals surface area contributed by atoms with Gasteiger partial charge in [-0.05, 0) is 35.5 Å². The summed E-state index contributed by atoms with van der Waals surface area (Å²) in [6.45, 7) is 0. The normalized spacial score (nSPS) is 66.7. The molecule has 0 saturated heterocycles. The Hall–Kier alpha value is 0.0600. The van der Waals surface area contributed by atoms with Gasteiger partial charge in [-0.2, -0.15) is 0 Å². The first-order valence-corrected chi connectivity index (χ1v) is 6.31. The number of allylic oxidation sites excluding steroid dienone is 4. The van der Waals surface area contributed by atoms with E-state index in [0.29, 0.717) is 23.7 Å². The molecular weight excluding hydrogens is 215 g/mol. The molecule has 0 N–H and O–H groups in total. The molecule has 0 nitrogen and oxygen atoms in total. The molecule has 2 saturated carbocycles. The lowest BCUT2D eigenvalue weighted by Gasteiger charge is -2.64. The monoisotopic (exact) mass is 226 g/mol. The maximum absolute atomic E-state index is 6.31. The largest absolute Gasteiger partial charge is 0.121 e. The van der Waals surface area contributed by atoms with E-state index in [9.17, 15) is 0 Å². The summed E-state index contributed by atoms with van der Waals surface area (Å²) in [5, 5.41) is 0.433. The van der Waals surface area contributed by atoms with Crippen molar-refractivity contribution < 1.29 is 0 Å². The van der Waals surface area contributed by atoms with Crippen molar-refractivity contribution in [2.75, 3.05) is 0 Å². The first-order valence-electron chi connectivity index (χ1n) is 5.44. The van der Waals surface area contributed by atoms with Crippen molar-refractivity contribution >= 4 is 23.2 Å². The van der Waals surface area contributed by atoms with Crippen molar-refractivity contribution in [3.8, 4) is 0 Å². The second-order valence-electron chi connectivity index (χ2n) is 5.12. The molecule has 14 heavy (non-hydrogen) atoms. The van der Waals surface area contributed by atoms with Crippen LogP contribution in [-0.2, 0) is 0 Å². The van der Waals surface area contributed by atoms with Crippen LogP contribution in [0.3, 0.4) is 0 Å². The molecule has 8 atom stereocenters. The van der Waals surface area contributed by atoms with Gasteiger partial charge in [0.1, 0.15) is 0 Å². The molecule has 5 aliphatic carbocycles. The molecule has 0 aromatic rings. The summed E-state index contributed by atoms with van der Waals surface area (Å²) in [7, 11) is 0. The minimum absolute atomic E-state index is 0.217. The molecule has 0 aliphatic heterocycles. The fraction of sp³-hybridized carbons (Fsp3) is 0.667. The molecule has 2 fully saturated rings. The number of alkyl halides is 2. The molecule has 0 aromatic carbocycles. The molecule has 2 bridgehead atoms. The van der Waals surface area contributed by atoms with Crippen molar-refractivity contribution in [3.63, 3.8) is 0 Å². The Morgan fingerprint density at radius 2 is 0.929 bits per heavy atom. The molecule has 0 radical (unpaired) electrons. The Bertz CT molecular complexity index is 314. The summed E-state index contributed by atoms with van der Waals surface area (Å²) in [5.74, 6) is 4.30. The Morgan fingerprint density at radius 1 is 0.571 bits per heavy atom. The zero-order valence-corrected chi connectivity index (χ0v) is 9.20. The van der Waals surface area contributed by atoms with Crippen molar-refractivity contribution in [2.45, 2.75) is 10.8 Å². The predicted molar refractivity (Wildman–Crippen MR) is 58.5 cm³/mol. The molecule has 2 heteroatoms. The van der Waals surface area contributed by atoms with E-state index in [0.717, 1.165) is 11.8 Å². The molecule has 0 unspecified atom stereocenters. The van der Waals surface area contributed by atoms with Crippen LogP contribution in [0, 0.1) is 35.5 Å². The van der Waals surface area contributed by atoms with Gasteiger partial charge in [0.15, 0.2) is 0 Å². The zero-order chi connectivity index (χ0) is 9.45. The smallest absolute Gasteiger partial charge is 0.0540 e. The molecule has 0 aromatic heterocycles. The average Bonchev–Trinajstić information content (AvgIpc) is 2.15. The van der Waals surface area contributed by atoms with Crippen molar-refractivity contribution in [2.24, 2.45) is 35.5 Å². The van der Waals surface area contributed by atoms with Gasteiger partial charge in [-0.3, -0.25) is 0 Å². The topological polar surface area (TPSA) is 0 Å². The van der Waals surface area contributed by atoms with Crippen LogP contribution in [0.2, 0.25) is 0 Å². The second kappa shape index (κ2) is 2.41. The first kappa shape index (κ1) is 8.24. The number of halogens is 2. The minimum atomic E-state index is 0.217. The summed E-state index contributed by atoms with van der Waals surface area (Å²) in [4.78, 5) is 0. The van der Waals surface area contributed by atoms with E-state index >= 15 is 0 Å². The van der Waals surface area contributed by atoms with Crippen molar-refractivity contribution in [1.29, 1.82) is 0 Å². The van der Waals surface area contributed by atoms with Gasteiger partial charge in [0, 0.05) is 0 Å². The molecule has 5 rings (SSSR count). The SMILES string of the molecule is Cl[C@@H]1[C@H](Cl)[C@@H]2[C@H]3C=C[C@@H]([C@@H]4C=C[C@@H]43)[C@@H]12. The van der Waals surface area contributed by atoms with E-state index in [1.807, 2.05) is 0 Å². The summed E-state index contributed by atoms with van der Waals surface area (Å²) in [5.41, 5.74) is 0. The van der Waals surface area contributed by atoms with Gasteiger partial charge in [0.05, 0.1) is 10.8 Å². The van der Waals surface area contributed by atoms with Gasteiger partial charge in [-0.15, -0.1) is 23.2 Å². The highest BCUT2D eigenvalue weighted by atomic mass is 35.5. The summed E-state index contributed by atoms with van der Waals surface area (Å²) in [6, 6.07) is 0. The zero-order valence-electron chi connectivity index (χ0n) is 7.68. The predicted octanol–water partition coefficient (Wildman–Crippen LogP) is 3.07. The van der Waals surface area contributed by atoms with Crippen LogP contribution in [-0.4, -0.2) is 10.8 Å². The maximum atomic E-state index is 6.31. The quantitative estimate of drug-likeness (QED) is 0.440. The van der Waals surface area contributed by atoms with E-state index in [-0.39, 0.29) is 10.8 Å². The molecule has 74 valence electrons. The fourth-order valence-electron chi connectivity index (χ4n) is 4.06. The van der Waals surface area contributed by atoms with Crippen LogP contribution in [0.1, 0.15) is 0 Å². The highest BCUT2D eigenvalue weighted by Gasteiger charge is 2.63. The minimum Gasteiger partial charge on any atom is -0.121 e. The van der Waals surface area contributed by atoms with Crippen molar-refractivity contribution in [1.82, 2.24) is 0 Å². The van der Waals surface area contributed by atoms with Crippen LogP contribution in [0.5, 0.6) is 0 Å². The van der Waals surface area contributed by atoms with E-state index in [2.05, 4.69) is 24.3 Å². The lowest BCUT2D eigenvalue weighted by atomic mass is 9.44. The Labute approximate surface area is 94.0 Å². The molecule has 0 heterocycles. The average molecular weight is 227 g/mol. The molecule has 0 spiro atoms. The van der Waals surface area contributed by atoms with Gasteiger partial charge >= 0.3 is 0 Å². The number of hydrogen-bond donors (Lipinski definition) is 0. The van der Waals surface area contributed by atoms with E-state index in [4.69, 9.17) is 23.2 Å². The maximum Gasteiger partial charge on any atom is 0.0540 e. The van der Waals surface area contributed by atoms with Gasteiger partial charge < -0.3 is 0 Å². The lowest BCUT2D eigenvalue weighted by molar-refractivity contribution is -0.0256. The highest BCUT2D eigenvalue weighted by Crippen LogP contribution is 2.64. The number of rotatable bonds is 0. The summed E-state index contributed by atoms with van der Waals surface area (Å²) >= 11 is 12.6. The van der Waals surface area contributed by atoms with Crippen LogP contribution in [0.25, 0.3) is 0 Å². The second-order valence-corrected chi connectivity index (χ2v) is 6.13. The molecule has 5 aliphatic rings. The Morgan fingerprint density at radius 3 is 1.29 bits per heavy atom. The third-order valence-corrected chi connectivity index (χ3v) is 6.07. The molecule has 0 amide bonds. The van der Waals surface area contributed by atoms with Crippen molar-refractivity contribution in [3.05, 3.63) is 24.3 Å². The molecular formula is C12H12Cl2. The lowest BCUT2D eigenvalue weighted by Crippen LogP contribution is -2.64. The third-order valence-electron chi connectivity index (χ3n) is 4.82. The summed E-state index contributed by atoms with van der Waals surface area (Å²) < 4.78 is 0. The standard InChI is InChI=1S/C12H12Cl2/c13-11-9-7-3-4-8(10(9)12(11)14)6-2-1-5(6)7/h1-12H/t5-,6+,7-,8-,9+,10+,11+,12-/m0/s1. The third kappa shape index (κ3) is 0.695.